The third-order valence-corrected chi connectivity index (χ3v) is 4.44. The first-order chi connectivity index (χ1) is 10.5. The Hall–Kier alpha value is -2.18. The zero-order valence-electron chi connectivity index (χ0n) is 13.3. The average molecular weight is 302 g/mol. The van der Waals surface area contributed by atoms with Gasteiger partial charge >= 0.3 is 0 Å². The van der Waals surface area contributed by atoms with Gasteiger partial charge in [0.05, 0.1) is 12.1 Å². The SMILES string of the molecule is Cc1nc(C2CCN(C(=O)Cc3c(C)n[nH]c3C)CC2)n[nH]1. The molecule has 22 heavy (non-hydrogen) atoms. The molecule has 7 nitrogen and oxygen atoms in total. The fourth-order valence-electron chi connectivity index (χ4n) is 3.03. The van der Waals surface area contributed by atoms with Crippen LogP contribution in [0.3, 0.4) is 0 Å². The van der Waals surface area contributed by atoms with Crippen LogP contribution in [0.15, 0.2) is 0 Å². The second-order valence-corrected chi connectivity index (χ2v) is 6.02. The smallest absolute Gasteiger partial charge is 0.227 e. The van der Waals surface area contributed by atoms with Crippen LogP contribution < -0.4 is 0 Å². The van der Waals surface area contributed by atoms with E-state index in [1.54, 1.807) is 0 Å². The van der Waals surface area contributed by atoms with E-state index < -0.39 is 0 Å². The molecule has 1 saturated heterocycles. The molecular weight excluding hydrogens is 280 g/mol. The van der Waals surface area contributed by atoms with E-state index in [-0.39, 0.29) is 5.91 Å². The minimum absolute atomic E-state index is 0.178. The molecule has 2 aromatic heterocycles. The van der Waals surface area contributed by atoms with Crippen LogP contribution in [-0.4, -0.2) is 49.3 Å². The Bertz CT molecular complexity index is 646. The van der Waals surface area contributed by atoms with Gasteiger partial charge in [0.15, 0.2) is 5.82 Å². The van der Waals surface area contributed by atoms with Crippen molar-refractivity contribution >= 4 is 5.91 Å². The summed E-state index contributed by atoms with van der Waals surface area (Å²) in [4.78, 5) is 18.8. The van der Waals surface area contributed by atoms with Gasteiger partial charge in [-0.2, -0.15) is 10.2 Å². The lowest BCUT2D eigenvalue weighted by atomic mass is 9.95. The van der Waals surface area contributed by atoms with E-state index in [0.29, 0.717) is 12.3 Å². The van der Waals surface area contributed by atoms with Gasteiger partial charge in [-0.05, 0) is 33.6 Å². The minimum atomic E-state index is 0.178. The van der Waals surface area contributed by atoms with Crippen LogP contribution in [0.25, 0.3) is 0 Å². The van der Waals surface area contributed by atoms with E-state index in [2.05, 4.69) is 25.4 Å². The number of nitrogens with zero attached hydrogens (tertiary/aromatic N) is 4. The number of nitrogens with one attached hydrogen (secondary N) is 2. The van der Waals surface area contributed by atoms with Gasteiger partial charge in [-0.15, -0.1) is 0 Å². The van der Waals surface area contributed by atoms with Crippen molar-refractivity contribution in [1.29, 1.82) is 0 Å². The molecule has 1 amide bonds. The van der Waals surface area contributed by atoms with Crippen molar-refractivity contribution in [3.63, 3.8) is 0 Å². The molecule has 0 saturated carbocycles. The largest absolute Gasteiger partial charge is 0.342 e. The first-order valence-electron chi connectivity index (χ1n) is 7.71. The molecule has 3 rings (SSSR count). The lowest BCUT2D eigenvalue weighted by Crippen LogP contribution is -2.39. The summed E-state index contributed by atoms with van der Waals surface area (Å²) in [5, 5.41) is 14.2. The van der Waals surface area contributed by atoms with Crippen LogP contribution in [0.5, 0.6) is 0 Å². The average Bonchev–Trinajstić information content (AvgIpc) is 3.08. The Kier molecular flexibility index (Phi) is 3.96. The van der Waals surface area contributed by atoms with Crippen LogP contribution >= 0.6 is 0 Å². The lowest BCUT2D eigenvalue weighted by Gasteiger charge is -2.31. The number of carbonyl (C=O) groups is 1. The zero-order valence-corrected chi connectivity index (χ0v) is 13.3. The number of aromatic nitrogens is 5. The van der Waals surface area contributed by atoms with Gasteiger partial charge < -0.3 is 4.90 Å². The van der Waals surface area contributed by atoms with Crippen molar-refractivity contribution in [1.82, 2.24) is 30.3 Å². The first kappa shape index (κ1) is 14.7. The fraction of sp³-hybridized carbons (Fsp3) is 0.600. The van der Waals surface area contributed by atoms with Gasteiger partial charge in [0.25, 0.3) is 0 Å². The van der Waals surface area contributed by atoms with Crippen LogP contribution in [0.1, 0.15) is 47.4 Å². The molecule has 0 spiro atoms. The molecule has 0 aromatic carbocycles. The summed E-state index contributed by atoms with van der Waals surface area (Å²) in [6, 6.07) is 0. The predicted molar refractivity (Wildman–Crippen MR) is 81.4 cm³/mol. The highest BCUT2D eigenvalue weighted by atomic mass is 16.2. The quantitative estimate of drug-likeness (QED) is 0.896. The Morgan fingerprint density at radius 1 is 1.18 bits per heavy atom. The Balaban J connectivity index is 1.58. The third-order valence-electron chi connectivity index (χ3n) is 4.44. The topological polar surface area (TPSA) is 90.6 Å². The van der Waals surface area contributed by atoms with Crippen molar-refractivity contribution in [3.8, 4) is 0 Å². The Morgan fingerprint density at radius 2 is 1.91 bits per heavy atom. The number of hydrogen-bond acceptors (Lipinski definition) is 4. The Morgan fingerprint density at radius 3 is 2.45 bits per heavy atom. The number of aromatic amines is 2. The predicted octanol–water partition coefficient (Wildman–Crippen LogP) is 1.40. The van der Waals surface area contributed by atoms with Crippen LogP contribution in [-0.2, 0) is 11.2 Å². The van der Waals surface area contributed by atoms with Crippen molar-refractivity contribution in [2.24, 2.45) is 0 Å². The van der Waals surface area contributed by atoms with E-state index in [0.717, 1.165) is 54.5 Å². The standard InChI is InChI=1S/C15H22N6O/c1-9-13(10(2)18-17-9)8-14(22)21-6-4-12(5-7-21)15-16-11(3)19-20-15/h12H,4-8H2,1-3H3,(H,17,18)(H,16,19,20). The molecule has 118 valence electrons. The summed E-state index contributed by atoms with van der Waals surface area (Å²) in [6.45, 7) is 7.34. The van der Waals surface area contributed by atoms with E-state index in [9.17, 15) is 4.79 Å². The molecule has 1 fully saturated rings. The third kappa shape index (κ3) is 2.88. The molecule has 0 unspecified atom stereocenters. The minimum Gasteiger partial charge on any atom is -0.342 e. The van der Waals surface area contributed by atoms with Gasteiger partial charge in [-0.1, -0.05) is 0 Å². The maximum atomic E-state index is 12.5. The number of aryl methyl sites for hydroxylation is 3. The number of H-pyrrole nitrogens is 2. The molecule has 1 aliphatic rings. The van der Waals surface area contributed by atoms with Gasteiger partial charge in [0.1, 0.15) is 5.82 Å². The number of rotatable bonds is 3. The number of amides is 1. The number of carbonyl (C=O) groups excluding carboxylic acids is 1. The number of likely N-dealkylation sites (tertiary alicyclic amines) is 1. The van der Waals surface area contributed by atoms with E-state index in [1.165, 1.54) is 0 Å². The van der Waals surface area contributed by atoms with Gasteiger partial charge in [0, 0.05) is 30.3 Å². The molecule has 0 radical (unpaired) electrons. The molecule has 7 heteroatoms. The highest BCUT2D eigenvalue weighted by molar-refractivity contribution is 5.79. The molecule has 0 aliphatic carbocycles. The summed E-state index contributed by atoms with van der Waals surface area (Å²) in [5.41, 5.74) is 2.92. The van der Waals surface area contributed by atoms with Crippen LogP contribution in [0.4, 0.5) is 0 Å². The highest BCUT2D eigenvalue weighted by Crippen LogP contribution is 2.26. The van der Waals surface area contributed by atoms with E-state index in [1.807, 2.05) is 25.7 Å². The summed E-state index contributed by atoms with van der Waals surface area (Å²) in [6.07, 6.45) is 2.28. The number of piperidine rings is 1. The highest BCUT2D eigenvalue weighted by Gasteiger charge is 2.26. The molecular formula is C15H22N6O. The zero-order chi connectivity index (χ0) is 15.7. The maximum absolute atomic E-state index is 12.5. The monoisotopic (exact) mass is 302 g/mol. The maximum Gasteiger partial charge on any atom is 0.227 e. The molecule has 1 aliphatic heterocycles. The van der Waals surface area contributed by atoms with Crippen LogP contribution in [0, 0.1) is 20.8 Å². The second kappa shape index (κ2) is 5.90. The summed E-state index contributed by atoms with van der Waals surface area (Å²) in [5.74, 6) is 2.26. The summed E-state index contributed by atoms with van der Waals surface area (Å²) < 4.78 is 0. The van der Waals surface area contributed by atoms with E-state index >= 15 is 0 Å². The summed E-state index contributed by atoms with van der Waals surface area (Å²) in [7, 11) is 0. The van der Waals surface area contributed by atoms with Crippen molar-refractivity contribution < 1.29 is 4.79 Å². The molecule has 2 N–H and O–H groups in total. The molecule has 0 atom stereocenters. The second-order valence-electron chi connectivity index (χ2n) is 6.02. The number of hydrogen-bond donors (Lipinski definition) is 2. The van der Waals surface area contributed by atoms with Crippen molar-refractivity contribution in [3.05, 3.63) is 28.6 Å². The molecule has 2 aromatic rings. The lowest BCUT2D eigenvalue weighted by molar-refractivity contribution is -0.131. The Labute approximate surface area is 129 Å². The molecule has 0 bridgehead atoms. The first-order valence-corrected chi connectivity index (χ1v) is 7.71. The van der Waals surface area contributed by atoms with Gasteiger partial charge in [-0.3, -0.25) is 15.0 Å². The normalized spacial score (nSPS) is 16.2. The van der Waals surface area contributed by atoms with Gasteiger partial charge in [0.2, 0.25) is 5.91 Å². The molecule has 3 heterocycles. The van der Waals surface area contributed by atoms with Crippen LogP contribution in [0.2, 0.25) is 0 Å². The summed E-state index contributed by atoms with van der Waals surface area (Å²) >= 11 is 0. The van der Waals surface area contributed by atoms with Gasteiger partial charge in [-0.25, -0.2) is 4.98 Å². The van der Waals surface area contributed by atoms with E-state index in [4.69, 9.17) is 0 Å². The van der Waals surface area contributed by atoms with Crippen molar-refractivity contribution in [2.75, 3.05) is 13.1 Å². The fourth-order valence-corrected chi connectivity index (χ4v) is 3.03. The van der Waals surface area contributed by atoms with Crippen molar-refractivity contribution in [2.45, 2.75) is 46.0 Å².